The number of ether oxygens (including phenoxy) is 2. The third-order valence-corrected chi connectivity index (χ3v) is 6.55. The number of anilines is 1. The molecule has 33 heavy (non-hydrogen) atoms. The van der Waals surface area contributed by atoms with Crippen LogP contribution in [0.25, 0.3) is 6.08 Å². The maximum absolute atomic E-state index is 13.5. The fourth-order valence-electron chi connectivity index (χ4n) is 3.20. The lowest BCUT2D eigenvalue weighted by atomic mass is 10.1. The zero-order chi connectivity index (χ0) is 23.5. The molecule has 0 radical (unpaired) electrons. The van der Waals surface area contributed by atoms with E-state index in [9.17, 15) is 9.18 Å². The van der Waals surface area contributed by atoms with Crippen molar-refractivity contribution < 1.29 is 18.7 Å². The van der Waals surface area contributed by atoms with Crippen LogP contribution in [0.3, 0.4) is 0 Å². The van der Waals surface area contributed by atoms with E-state index >= 15 is 0 Å². The zero-order valence-electron chi connectivity index (χ0n) is 17.8. The Labute approximate surface area is 206 Å². The number of thiocarbonyl (C=S) groups is 1. The number of nitrogens with zero attached hydrogens (tertiary/aromatic N) is 1. The molecule has 168 valence electrons. The maximum Gasteiger partial charge on any atom is 0.270 e. The van der Waals surface area contributed by atoms with Crippen LogP contribution in [-0.4, -0.2) is 17.3 Å². The second kappa shape index (κ2) is 9.95. The molecule has 1 heterocycles. The number of thioether (sulfide) groups is 1. The van der Waals surface area contributed by atoms with E-state index < -0.39 is 5.82 Å². The Bertz CT molecular complexity index is 1260. The monoisotopic (exact) mass is 499 g/mol. The Balaban J connectivity index is 1.53. The van der Waals surface area contributed by atoms with Crippen LogP contribution in [-0.2, 0) is 11.4 Å². The Hall–Kier alpha value is -2.87. The lowest BCUT2D eigenvalue weighted by Crippen LogP contribution is -2.27. The molecule has 1 amide bonds. The molecule has 8 heteroatoms. The number of methoxy groups -OCH3 is 1. The van der Waals surface area contributed by atoms with E-state index in [1.807, 2.05) is 37.3 Å². The molecule has 0 aromatic heterocycles. The fourth-order valence-corrected chi connectivity index (χ4v) is 4.68. The fraction of sp³-hybridized carbons (Fsp3) is 0.120. The van der Waals surface area contributed by atoms with Crippen molar-refractivity contribution in [3.8, 4) is 11.5 Å². The molecule has 3 aromatic carbocycles. The van der Waals surface area contributed by atoms with Crippen molar-refractivity contribution in [2.75, 3.05) is 12.0 Å². The van der Waals surface area contributed by atoms with Gasteiger partial charge in [-0.3, -0.25) is 9.69 Å². The van der Waals surface area contributed by atoms with E-state index in [-0.39, 0.29) is 10.9 Å². The number of benzene rings is 3. The molecular weight excluding hydrogens is 481 g/mol. The molecular formula is C25H19ClFNO3S2. The van der Waals surface area contributed by atoms with Crippen molar-refractivity contribution in [3.63, 3.8) is 0 Å². The molecule has 0 bridgehead atoms. The van der Waals surface area contributed by atoms with Gasteiger partial charge in [0.05, 0.1) is 22.7 Å². The number of carbonyl (C=O) groups is 1. The van der Waals surface area contributed by atoms with Crippen LogP contribution in [0.2, 0.25) is 5.02 Å². The summed E-state index contributed by atoms with van der Waals surface area (Å²) in [6.45, 7) is 2.45. The summed E-state index contributed by atoms with van der Waals surface area (Å²) < 4.78 is 25.3. The van der Waals surface area contributed by atoms with Gasteiger partial charge in [-0.2, -0.15) is 0 Å². The highest BCUT2D eigenvalue weighted by Crippen LogP contribution is 2.38. The number of aryl methyl sites for hydroxylation is 1. The predicted molar refractivity (Wildman–Crippen MR) is 136 cm³/mol. The molecule has 1 aliphatic heterocycles. The van der Waals surface area contributed by atoms with E-state index in [1.165, 1.54) is 40.4 Å². The summed E-state index contributed by atoms with van der Waals surface area (Å²) in [6.07, 6.45) is 1.73. The van der Waals surface area contributed by atoms with Gasteiger partial charge in [-0.1, -0.05) is 71.5 Å². The van der Waals surface area contributed by atoms with Gasteiger partial charge in [0.15, 0.2) is 15.8 Å². The molecule has 1 saturated heterocycles. The summed E-state index contributed by atoms with van der Waals surface area (Å²) in [5, 5.41) is -0.0727. The molecule has 0 saturated carbocycles. The van der Waals surface area contributed by atoms with E-state index in [2.05, 4.69) is 0 Å². The van der Waals surface area contributed by atoms with Crippen molar-refractivity contribution in [1.82, 2.24) is 0 Å². The molecule has 4 rings (SSSR count). The Kier molecular flexibility index (Phi) is 7.02. The molecule has 3 aromatic rings. The highest BCUT2D eigenvalue weighted by molar-refractivity contribution is 8.27. The summed E-state index contributed by atoms with van der Waals surface area (Å²) in [6, 6.07) is 17.6. The van der Waals surface area contributed by atoms with Gasteiger partial charge in [-0.15, -0.1) is 0 Å². The Morgan fingerprint density at radius 2 is 1.85 bits per heavy atom. The smallest absolute Gasteiger partial charge is 0.270 e. The summed E-state index contributed by atoms with van der Waals surface area (Å²) in [5.74, 6) is 0.296. The minimum Gasteiger partial charge on any atom is -0.493 e. The van der Waals surface area contributed by atoms with Gasteiger partial charge in [0.25, 0.3) is 5.91 Å². The van der Waals surface area contributed by atoms with Crippen molar-refractivity contribution >= 4 is 57.6 Å². The minimum absolute atomic E-state index is 0.0727. The van der Waals surface area contributed by atoms with Crippen LogP contribution in [0.4, 0.5) is 10.1 Å². The lowest BCUT2D eigenvalue weighted by Gasteiger charge is -2.14. The topological polar surface area (TPSA) is 38.8 Å². The van der Waals surface area contributed by atoms with E-state index in [0.29, 0.717) is 33.0 Å². The van der Waals surface area contributed by atoms with Crippen molar-refractivity contribution in [2.45, 2.75) is 13.5 Å². The first-order valence-corrected chi connectivity index (χ1v) is 11.6. The number of amides is 1. The molecule has 1 fully saturated rings. The second-order valence-corrected chi connectivity index (χ2v) is 9.38. The molecule has 0 N–H and O–H groups in total. The SMILES string of the molecule is COc1cc(/C=C2/SC(=S)N(c3ccc(F)c(Cl)c3)C2=O)ccc1OCc1ccc(C)cc1. The Morgan fingerprint density at radius 3 is 2.55 bits per heavy atom. The largest absolute Gasteiger partial charge is 0.493 e. The molecule has 0 unspecified atom stereocenters. The first kappa shape index (κ1) is 23.3. The van der Waals surface area contributed by atoms with Crippen molar-refractivity contribution in [2.24, 2.45) is 0 Å². The van der Waals surface area contributed by atoms with Crippen molar-refractivity contribution in [3.05, 3.63) is 93.1 Å². The molecule has 0 atom stereocenters. The molecule has 4 nitrogen and oxygen atoms in total. The summed E-state index contributed by atoms with van der Waals surface area (Å²) in [5.41, 5.74) is 3.42. The third kappa shape index (κ3) is 5.21. The molecule has 0 spiro atoms. The minimum atomic E-state index is -0.557. The number of rotatable bonds is 6. The normalized spacial score (nSPS) is 14.8. The van der Waals surface area contributed by atoms with Gasteiger partial charge in [0, 0.05) is 0 Å². The number of hydrogen-bond acceptors (Lipinski definition) is 5. The van der Waals surface area contributed by atoms with Crippen LogP contribution in [0.15, 0.2) is 65.6 Å². The number of hydrogen-bond donors (Lipinski definition) is 0. The predicted octanol–water partition coefficient (Wildman–Crippen LogP) is 6.78. The van der Waals surface area contributed by atoms with Gasteiger partial charge in [0.2, 0.25) is 0 Å². The maximum atomic E-state index is 13.5. The molecule has 0 aliphatic carbocycles. The van der Waals surface area contributed by atoms with Gasteiger partial charge in [0.1, 0.15) is 12.4 Å². The van der Waals surface area contributed by atoms with E-state index in [1.54, 1.807) is 25.3 Å². The Morgan fingerprint density at radius 1 is 1.09 bits per heavy atom. The van der Waals surface area contributed by atoms with E-state index in [4.69, 9.17) is 33.3 Å². The van der Waals surface area contributed by atoms with Crippen LogP contribution in [0, 0.1) is 12.7 Å². The van der Waals surface area contributed by atoms with Crippen LogP contribution >= 0.6 is 35.6 Å². The number of carbonyl (C=O) groups excluding carboxylic acids is 1. The second-order valence-electron chi connectivity index (χ2n) is 7.30. The first-order chi connectivity index (χ1) is 15.9. The van der Waals surface area contributed by atoms with E-state index in [0.717, 1.165) is 11.1 Å². The van der Waals surface area contributed by atoms with Crippen LogP contribution in [0.5, 0.6) is 11.5 Å². The highest BCUT2D eigenvalue weighted by Gasteiger charge is 2.33. The number of halogens is 2. The summed E-state index contributed by atoms with van der Waals surface area (Å²) in [7, 11) is 1.57. The third-order valence-electron chi connectivity index (χ3n) is 4.96. The van der Waals surface area contributed by atoms with Gasteiger partial charge in [-0.25, -0.2) is 4.39 Å². The standard InChI is InChI=1S/C25H19ClFNO3S2/c1-15-3-5-16(6-4-15)14-31-21-10-7-17(11-22(21)30-2)12-23-24(29)28(25(32)33-23)18-8-9-20(27)19(26)13-18/h3-13H,14H2,1-2H3/b23-12+. The zero-order valence-corrected chi connectivity index (χ0v) is 20.2. The van der Waals surface area contributed by atoms with Gasteiger partial charge in [-0.05, 0) is 54.5 Å². The average Bonchev–Trinajstić information content (AvgIpc) is 3.08. The van der Waals surface area contributed by atoms with Gasteiger partial charge >= 0.3 is 0 Å². The lowest BCUT2D eigenvalue weighted by molar-refractivity contribution is -0.113. The highest BCUT2D eigenvalue weighted by atomic mass is 35.5. The quantitative estimate of drug-likeness (QED) is 0.276. The van der Waals surface area contributed by atoms with Crippen molar-refractivity contribution in [1.29, 1.82) is 0 Å². The summed E-state index contributed by atoms with van der Waals surface area (Å²) >= 11 is 12.4. The summed E-state index contributed by atoms with van der Waals surface area (Å²) in [4.78, 5) is 14.8. The van der Waals surface area contributed by atoms with Crippen LogP contribution < -0.4 is 14.4 Å². The molecule has 1 aliphatic rings. The van der Waals surface area contributed by atoms with Crippen LogP contribution in [0.1, 0.15) is 16.7 Å². The average molecular weight is 500 g/mol. The first-order valence-electron chi connectivity index (χ1n) is 9.95. The van der Waals surface area contributed by atoms with Gasteiger partial charge < -0.3 is 9.47 Å².